The van der Waals surface area contributed by atoms with Crippen LogP contribution in [0.2, 0.25) is 0 Å². The van der Waals surface area contributed by atoms with E-state index in [-0.39, 0.29) is 0 Å². The largest absolute Gasteiger partial charge is 0.549 e. The van der Waals surface area contributed by atoms with Gasteiger partial charge >= 0.3 is 15.3 Å². The fourth-order valence-corrected chi connectivity index (χ4v) is 0. The van der Waals surface area contributed by atoms with Gasteiger partial charge in [0.2, 0.25) is 0 Å². The quantitative estimate of drug-likeness (QED) is 0.376. The lowest BCUT2D eigenvalue weighted by atomic mass is 11.2. The molecule has 0 aromatic heterocycles. The monoisotopic (exact) mass is 120 g/mol. The molecule has 0 radical (unpaired) electrons. The standard InChI is InChI=1S/CH4N2O.O2Si/c2-1(3)4;1-3-2/h(H4,2,3,4);. The summed E-state index contributed by atoms with van der Waals surface area (Å²) in [6.07, 6.45) is 0. The summed E-state index contributed by atoms with van der Waals surface area (Å²) >= 11 is 0. The van der Waals surface area contributed by atoms with Gasteiger partial charge < -0.3 is 11.5 Å². The smallest absolute Gasteiger partial charge is 0.352 e. The number of amides is 2. The second-order valence-corrected chi connectivity index (χ2v) is 0.652. The van der Waals surface area contributed by atoms with Gasteiger partial charge in [-0.15, -0.1) is 0 Å². The summed E-state index contributed by atoms with van der Waals surface area (Å²) in [6.45, 7) is 0. The van der Waals surface area contributed by atoms with Crippen LogP contribution in [0.15, 0.2) is 0 Å². The normalized spacial score (nSPS) is 4.57. The van der Waals surface area contributed by atoms with Gasteiger partial charge in [-0.3, -0.25) is 8.92 Å². The minimum Gasteiger partial charge on any atom is -0.352 e. The lowest BCUT2D eigenvalue weighted by Crippen LogP contribution is -2.18. The van der Waals surface area contributed by atoms with Crippen LogP contribution in [0.4, 0.5) is 4.79 Å². The van der Waals surface area contributed by atoms with Crippen LogP contribution < -0.4 is 11.5 Å². The van der Waals surface area contributed by atoms with Gasteiger partial charge in [0.15, 0.2) is 0 Å². The molecule has 0 aliphatic rings. The van der Waals surface area contributed by atoms with E-state index < -0.39 is 15.3 Å². The topological polar surface area (TPSA) is 103 Å². The number of carbonyl (C=O) groups excluding carboxylic acids is 1. The number of rotatable bonds is 0. The Morgan fingerprint density at radius 2 is 1.29 bits per heavy atom. The number of primary amides is 2. The summed E-state index contributed by atoms with van der Waals surface area (Å²) in [5, 5.41) is 0. The Hall–Kier alpha value is -0.913. The summed E-state index contributed by atoms with van der Waals surface area (Å²) in [4.78, 5) is 9.00. The highest BCUT2D eigenvalue weighted by atomic mass is 28.2. The van der Waals surface area contributed by atoms with E-state index in [1.54, 1.807) is 0 Å². The molecule has 6 heteroatoms. The summed E-state index contributed by atoms with van der Waals surface area (Å²) in [6, 6.07) is -0.833. The molecule has 0 fully saturated rings. The highest BCUT2D eigenvalue weighted by molar-refractivity contribution is 5.94. The molecule has 0 atom stereocenters. The molecule has 2 amide bonds. The molecule has 4 N–H and O–H groups in total. The number of urea groups is 1. The highest BCUT2D eigenvalue weighted by Gasteiger charge is 1.60. The molecule has 7 heavy (non-hydrogen) atoms. The predicted molar refractivity (Wildman–Crippen MR) is 20.9 cm³/mol. The van der Waals surface area contributed by atoms with E-state index in [0.717, 1.165) is 0 Å². The molecule has 0 aliphatic heterocycles. The van der Waals surface area contributed by atoms with E-state index in [1.807, 2.05) is 0 Å². The van der Waals surface area contributed by atoms with Crippen molar-refractivity contribution in [1.29, 1.82) is 0 Å². The van der Waals surface area contributed by atoms with Crippen molar-refractivity contribution in [2.75, 3.05) is 0 Å². The highest BCUT2D eigenvalue weighted by Crippen LogP contribution is 1.25. The van der Waals surface area contributed by atoms with Gasteiger partial charge in [-0.1, -0.05) is 0 Å². The van der Waals surface area contributed by atoms with Gasteiger partial charge in [0, 0.05) is 0 Å². The van der Waals surface area contributed by atoms with Crippen LogP contribution >= 0.6 is 0 Å². The van der Waals surface area contributed by atoms with E-state index in [1.165, 1.54) is 0 Å². The molecule has 0 aromatic rings. The number of hydrogen-bond acceptors (Lipinski definition) is 3. The predicted octanol–water partition coefficient (Wildman–Crippen LogP) is -1.59. The molecular formula is CH4N2O3Si. The molecule has 0 unspecified atom stereocenters. The van der Waals surface area contributed by atoms with Crippen molar-refractivity contribution in [3.63, 3.8) is 0 Å². The Kier molecular flexibility index (Phi) is 12.0. The molecule has 0 saturated heterocycles. The van der Waals surface area contributed by atoms with Crippen LogP contribution in [-0.2, 0) is 8.92 Å². The molecule has 0 rings (SSSR count). The van der Waals surface area contributed by atoms with Crippen molar-refractivity contribution in [2.45, 2.75) is 0 Å². The average molecular weight is 120 g/mol. The lowest BCUT2D eigenvalue weighted by molar-refractivity contribution is 0.256. The van der Waals surface area contributed by atoms with Crippen molar-refractivity contribution >= 4 is 15.3 Å². The van der Waals surface area contributed by atoms with E-state index in [2.05, 4.69) is 11.5 Å². The van der Waals surface area contributed by atoms with Crippen molar-refractivity contribution in [3.05, 3.63) is 0 Å². The summed E-state index contributed by atoms with van der Waals surface area (Å²) < 4.78 is 16.8. The fraction of sp³-hybridized carbons (Fsp3) is 0. The number of nitrogens with two attached hydrogens (primary N) is 2. The second kappa shape index (κ2) is 8.92. The molecule has 0 aliphatic carbocycles. The lowest BCUT2D eigenvalue weighted by Gasteiger charge is -1.62. The average Bonchev–Trinajstić information content (AvgIpc) is 1.33. The minimum atomic E-state index is -1.42. The first-order chi connectivity index (χ1) is 3.15. The molecule has 40 valence electrons. The SMILES string of the molecule is NC(N)=O.O=[Si]=O. The first-order valence-corrected chi connectivity index (χ1v) is 2.01. The Balaban J connectivity index is 0. The Morgan fingerprint density at radius 3 is 1.29 bits per heavy atom. The summed E-state index contributed by atoms with van der Waals surface area (Å²) in [5.41, 5.74) is 8.50. The molecule has 0 bridgehead atoms. The van der Waals surface area contributed by atoms with Crippen LogP contribution in [-0.4, -0.2) is 15.3 Å². The van der Waals surface area contributed by atoms with E-state index in [4.69, 9.17) is 13.7 Å². The molecule has 0 saturated carbocycles. The Bertz CT molecular complexity index is 80.9. The first-order valence-electron chi connectivity index (χ1n) is 1.19. The van der Waals surface area contributed by atoms with Gasteiger partial charge in [-0.25, -0.2) is 4.79 Å². The van der Waals surface area contributed by atoms with Crippen LogP contribution in [0.3, 0.4) is 0 Å². The maximum Gasteiger partial charge on any atom is 0.549 e. The molecular weight excluding hydrogens is 116 g/mol. The first kappa shape index (κ1) is 9.43. The maximum atomic E-state index is 9.00. The van der Waals surface area contributed by atoms with E-state index in [9.17, 15) is 0 Å². The molecule has 0 heterocycles. The van der Waals surface area contributed by atoms with Crippen LogP contribution in [0.25, 0.3) is 0 Å². The third-order valence-electron chi connectivity index (χ3n) is 0. The number of carbonyl (C=O) groups is 1. The van der Waals surface area contributed by atoms with Crippen molar-refractivity contribution < 1.29 is 13.7 Å². The van der Waals surface area contributed by atoms with E-state index in [0.29, 0.717) is 0 Å². The van der Waals surface area contributed by atoms with Gasteiger partial charge in [-0.2, -0.15) is 0 Å². The Morgan fingerprint density at radius 1 is 1.29 bits per heavy atom. The Labute approximate surface area is 41.6 Å². The second-order valence-electron chi connectivity index (χ2n) is 0.486. The molecule has 0 spiro atoms. The fourth-order valence-electron chi connectivity index (χ4n) is 0. The van der Waals surface area contributed by atoms with Gasteiger partial charge in [-0.05, 0) is 0 Å². The number of hydrogen-bond donors (Lipinski definition) is 2. The maximum absolute atomic E-state index is 9.00. The zero-order chi connectivity index (χ0) is 6.28. The van der Waals surface area contributed by atoms with Crippen LogP contribution in [0.1, 0.15) is 0 Å². The van der Waals surface area contributed by atoms with E-state index >= 15 is 0 Å². The molecule has 5 nitrogen and oxygen atoms in total. The van der Waals surface area contributed by atoms with Crippen LogP contribution in [0, 0.1) is 0 Å². The van der Waals surface area contributed by atoms with Gasteiger partial charge in [0.05, 0.1) is 0 Å². The van der Waals surface area contributed by atoms with Gasteiger partial charge in [0.1, 0.15) is 0 Å². The third kappa shape index (κ3) is 58.1. The van der Waals surface area contributed by atoms with Crippen molar-refractivity contribution in [1.82, 2.24) is 0 Å². The zero-order valence-corrected chi connectivity index (χ0v) is 4.38. The van der Waals surface area contributed by atoms with Crippen molar-refractivity contribution in [2.24, 2.45) is 11.5 Å². The minimum absolute atomic E-state index is 0.833. The zero-order valence-electron chi connectivity index (χ0n) is 3.38. The van der Waals surface area contributed by atoms with Crippen molar-refractivity contribution in [3.8, 4) is 0 Å². The molecule has 0 aromatic carbocycles. The van der Waals surface area contributed by atoms with Crippen LogP contribution in [0.5, 0.6) is 0 Å². The summed E-state index contributed by atoms with van der Waals surface area (Å²) in [7, 11) is -1.42. The van der Waals surface area contributed by atoms with Gasteiger partial charge in [0.25, 0.3) is 0 Å². The third-order valence-corrected chi connectivity index (χ3v) is 0. The summed E-state index contributed by atoms with van der Waals surface area (Å²) in [5.74, 6) is 0.